The molecule has 0 bridgehead atoms. The quantitative estimate of drug-likeness (QED) is 0.789. The number of fused-ring (bicyclic) bond motifs is 1. The van der Waals surface area contributed by atoms with Crippen molar-refractivity contribution in [1.29, 1.82) is 0 Å². The molecule has 30 heavy (non-hydrogen) atoms. The summed E-state index contributed by atoms with van der Waals surface area (Å²) in [5.74, 6) is 2.19. The number of amides is 1. The van der Waals surface area contributed by atoms with Crippen molar-refractivity contribution < 1.29 is 19.0 Å². The molecule has 2 aromatic carbocycles. The van der Waals surface area contributed by atoms with Crippen molar-refractivity contribution in [3.05, 3.63) is 54.1 Å². The van der Waals surface area contributed by atoms with Gasteiger partial charge >= 0.3 is 0 Å². The monoisotopic (exact) mass is 410 g/mol. The van der Waals surface area contributed by atoms with E-state index in [0.717, 1.165) is 43.7 Å². The van der Waals surface area contributed by atoms with E-state index in [4.69, 9.17) is 14.2 Å². The fourth-order valence-corrected chi connectivity index (χ4v) is 4.34. The van der Waals surface area contributed by atoms with E-state index in [0.29, 0.717) is 18.1 Å². The first-order valence-corrected chi connectivity index (χ1v) is 10.6. The SMILES string of the molecule is COc1ccccc1OCCC(=O)NC1CC2(CCN(C)CC2)Oc2ccccc21. The number of rotatable bonds is 6. The molecule has 6 heteroatoms. The van der Waals surface area contributed by atoms with Crippen molar-refractivity contribution in [3.8, 4) is 17.2 Å². The number of carbonyl (C=O) groups is 1. The minimum Gasteiger partial charge on any atom is -0.493 e. The van der Waals surface area contributed by atoms with Gasteiger partial charge in [-0.3, -0.25) is 4.79 Å². The van der Waals surface area contributed by atoms with E-state index in [1.165, 1.54) is 0 Å². The largest absolute Gasteiger partial charge is 0.493 e. The van der Waals surface area contributed by atoms with Crippen LogP contribution in [-0.4, -0.2) is 50.3 Å². The maximum Gasteiger partial charge on any atom is 0.223 e. The zero-order valence-corrected chi connectivity index (χ0v) is 17.7. The highest BCUT2D eigenvalue weighted by atomic mass is 16.5. The summed E-state index contributed by atoms with van der Waals surface area (Å²) in [6.07, 6.45) is 3.03. The molecular formula is C24H30N2O4. The average molecular weight is 411 g/mol. The van der Waals surface area contributed by atoms with Crippen LogP contribution in [0, 0.1) is 0 Å². The Bertz CT molecular complexity index is 877. The van der Waals surface area contributed by atoms with Crippen LogP contribution in [0.3, 0.4) is 0 Å². The summed E-state index contributed by atoms with van der Waals surface area (Å²) >= 11 is 0. The third kappa shape index (κ3) is 4.54. The standard InChI is InChI=1S/C24H30N2O4/c1-26-14-12-24(13-15-26)17-19(18-7-3-4-8-20(18)30-24)25-23(27)11-16-29-22-10-6-5-9-21(22)28-2/h3-10,19H,11-17H2,1-2H3,(H,25,27). The molecule has 0 saturated carbocycles. The van der Waals surface area contributed by atoms with Gasteiger partial charge in [0.2, 0.25) is 5.91 Å². The molecule has 1 saturated heterocycles. The summed E-state index contributed by atoms with van der Waals surface area (Å²) in [7, 11) is 3.75. The zero-order valence-electron chi connectivity index (χ0n) is 17.7. The molecule has 0 aliphatic carbocycles. The molecule has 0 aromatic heterocycles. The fraction of sp³-hybridized carbons (Fsp3) is 0.458. The number of hydrogen-bond donors (Lipinski definition) is 1. The van der Waals surface area contributed by atoms with Gasteiger partial charge in [0, 0.05) is 25.1 Å². The lowest BCUT2D eigenvalue weighted by molar-refractivity contribution is -0.123. The Morgan fingerprint density at radius 3 is 2.60 bits per heavy atom. The second-order valence-corrected chi connectivity index (χ2v) is 8.20. The molecule has 1 atom stereocenters. The molecule has 1 N–H and O–H groups in total. The third-order valence-corrected chi connectivity index (χ3v) is 6.09. The summed E-state index contributed by atoms with van der Waals surface area (Å²) in [5.41, 5.74) is 0.855. The van der Waals surface area contributed by atoms with Gasteiger partial charge < -0.3 is 24.4 Å². The van der Waals surface area contributed by atoms with Crippen LogP contribution >= 0.6 is 0 Å². The van der Waals surface area contributed by atoms with Crippen LogP contribution in [0.2, 0.25) is 0 Å². The first-order valence-electron chi connectivity index (χ1n) is 10.6. The summed E-state index contributed by atoms with van der Waals surface area (Å²) in [6.45, 7) is 2.32. The molecule has 2 aliphatic rings. The molecule has 2 aliphatic heterocycles. The molecule has 0 radical (unpaired) electrons. The van der Waals surface area contributed by atoms with E-state index in [2.05, 4.69) is 17.3 Å². The molecule has 1 fully saturated rings. The number of carbonyl (C=O) groups excluding carboxylic acids is 1. The number of hydrogen-bond acceptors (Lipinski definition) is 5. The summed E-state index contributed by atoms with van der Waals surface area (Å²) in [5, 5.41) is 3.23. The van der Waals surface area contributed by atoms with Crippen molar-refractivity contribution in [3.63, 3.8) is 0 Å². The van der Waals surface area contributed by atoms with Gasteiger partial charge in [0.15, 0.2) is 11.5 Å². The number of nitrogens with zero attached hydrogens (tertiary/aromatic N) is 1. The number of para-hydroxylation sites is 3. The predicted octanol–water partition coefficient (Wildman–Crippen LogP) is 3.57. The van der Waals surface area contributed by atoms with Crippen LogP contribution in [-0.2, 0) is 4.79 Å². The van der Waals surface area contributed by atoms with E-state index in [1.54, 1.807) is 7.11 Å². The molecule has 1 spiro atoms. The molecule has 1 unspecified atom stereocenters. The normalized spacial score (nSPS) is 20.1. The maximum atomic E-state index is 12.7. The number of nitrogens with one attached hydrogen (secondary N) is 1. The van der Waals surface area contributed by atoms with Crippen LogP contribution in [0.1, 0.15) is 37.3 Å². The molecule has 1 amide bonds. The van der Waals surface area contributed by atoms with Crippen molar-refractivity contribution in [1.82, 2.24) is 10.2 Å². The van der Waals surface area contributed by atoms with Crippen molar-refractivity contribution in [2.45, 2.75) is 37.3 Å². The smallest absolute Gasteiger partial charge is 0.223 e. The second-order valence-electron chi connectivity index (χ2n) is 8.20. The van der Waals surface area contributed by atoms with Gasteiger partial charge in [0.1, 0.15) is 11.4 Å². The lowest BCUT2D eigenvalue weighted by Gasteiger charge is -2.46. The van der Waals surface area contributed by atoms with E-state index >= 15 is 0 Å². The first kappa shape index (κ1) is 20.5. The summed E-state index contributed by atoms with van der Waals surface area (Å²) < 4.78 is 17.5. The number of benzene rings is 2. The van der Waals surface area contributed by atoms with Crippen LogP contribution in [0.4, 0.5) is 0 Å². The molecule has 2 heterocycles. The van der Waals surface area contributed by atoms with E-state index in [9.17, 15) is 4.79 Å². The summed E-state index contributed by atoms with van der Waals surface area (Å²) in [6, 6.07) is 15.5. The van der Waals surface area contributed by atoms with Crippen LogP contribution in [0.25, 0.3) is 0 Å². The Morgan fingerprint density at radius 1 is 1.13 bits per heavy atom. The summed E-state index contributed by atoms with van der Waals surface area (Å²) in [4.78, 5) is 15.0. The number of methoxy groups -OCH3 is 1. The average Bonchev–Trinajstić information content (AvgIpc) is 2.76. The minimum atomic E-state index is -0.202. The van der Waals surface area contributed by atoms with E-state index in [-0.39, 0.29) is 24.0 Å². The lowest BCUT2D eigenvalue weighted by atomic mass is 9.80. The Labute approximate surface area is 178 Å². The van der Waals surface area contributed by atoms with Gasteiger partial charge in [0.05, 0.1) is 26.2 Å². The van der Waals surface area contributed by atoms with Crippen LogP contribution in [0.15, 0.2) is 48.5 Å². The Hall–Kier alpha value is -2.73. The number of ether oxygens (including phenoxy) is 3. The van der Waals surface area contributed by atoms with Gasteiger partial charge in [0.25, 0.3) is 0 Å². The fourth-order valence-electron chi connectivity index (χ4n) is 4.34. The van der Waals surface area contributed by atoms with Gasteiger partial charge in [-0.2, -0.15) is 0 Å². The van der Waals surface area contributed by atoms with E-state index < -0.39 is 0 Å². The highest BCUT2D eigenvalue weighted by Crippen LogP contribution is 2.44. The van der Waals surface area contributed by atoms with Crippen molar-refractivity contribution >= 4 is 5.91 Å². The highest BCUT2D eigenvalue weighted by molar-refractivity contribution is 5.76. The van der Waals surface area contributed by atoms with Gasteiger partial charge in [-0.05, 0) is 38.1 Å². The second kappa shape index (κ2) is 8.96. The molecule has 4 rings (SSSR count). The van der Waals surface area contributed by atoms with Gasteiger partial charge in [-0.15, -0.1) is 0 Å². The number of piperidine rings is 1. The minimum absolute atomic E-state index is 0.0188. The molecule has 160 valence electrons. The lowest BCUT2D eigenvalue weighted by Crippen LogP contribution is -2.51. The molecule has 6 nitrogen and oxygen atoms in total. The van der Waals surface area contributed by atoms with E-state index in [1.807, 2.05) is 48.5 Å². The number of likely N-dealkylation sites (tertiary alicyclic amines) is 1. The zero-order chi connectivity index (χ0) is 21.0. The molecular weight excluding hydrogens is 380 g/mol. The first-order chi connectivity index (χ1) is 14.6. The Balaban J connectivity index is 1.39. The van der Waals surface area contributed by atoms with Crippen molar-refractivity contribution in [2.75, 3.05) is 33.9 Å². The third-order valence-electron chi connectivity index (χ3n) is 6.09. The van der Waals surface area contributed by atoms with Gasteiger partial charge in [-0.1, -0.05) is 30.3 Å². The maximum absolute atomic E-state index is 12.7. The topological polar surface area (TPSA) is 60.0 Å². The van der Waals surface area contributed by atoms with Crippen LogP contribution in [0.5, 0.6) is 17.2 Å². The van der Waals surface area contributed by atoms with Crippen molar-refractivity contribution in [2.24, 2.45) is 0 Å². The Kier molecular flexibility index (Phi) is 6.13. The predicted molar refractivity (Wildman–Crippen MR) is 115 cm³/mol. The van der Waals surface area contributed by atoms with Gasteiger partial charge in [-0.25, -0.2) is 0 Å². The highest BCUT2D eigenvalue weighted by Gasteiger charge is 2.43. The van der Waals surface area contributed by atoms with Crippen LogP contribution < -0.4 is 19.5 Å². The molecule has 2 aromatic rings. The Morgan fingerprint density at radius 2 is 1.83 bits per heavy atom.